The minimum Gasteiger partial charge on any atom is -0.369 e. The molecule has 0 saturated heterocycles. The van der Waals surface area contributed by atoms with Crippen molar-refractivity contribution >= 4 is 28.3 Å². The molecule has 0 radical (unpaired) electrons. The van der Waals surface area contributed by atoms with Crippen LogP contribution in [0, 0.1) is 3.57 Å². The van der Waals surface area contributed by atoms with E-state index in [-0.39, 0.29) is 5.41 Å². The maximum atomic E-state index is 2.39. The molecule has 20 heavy (non-hydrogen) atoms. The summed E-state index contributed by atoms with van der Waals surface area (Å²) in [7, 11) is 2.15. The number of hydrogen-bond acceptors (Lipinski definition) is 1. The number of halogens is 1. The zero-order chi connectivity index (χ0) is 14.8. The third-order valence-electron chi connectivity index (χ3n) is 3.50. The molecular formula is C18H22IN. The molecule has 0 aliphatic heterocycles. The van der Waals surface area contributed by atoms with Gasteiger partial charge in [0.05, 0.1) is 5.69 Å². The summed E-state index contributed by atoms with van der Waals surface area (Å²) >= 11 is 2.39. The van der Waals surface area contributed by atoms with Crippen LogP contribution in [-0.2, 0) is 12.0 Å². The second kappa shape index (κ2) is 6.17. The van der Waals surface area contributed by atoms with E-state index in [1.54, 1.807) is 0 Å². The van der Waals surface area contributed by atoms with E-state index in [1.165, 1.54) is 20.4 Å². The van der Waals surface area contributed by atoms with E-state index in [2.05, 4.69) is 104 Å². The summed E-state index contributed by atoms with van der Waals surface area (Å²) in [6, 6.07) is 17.5. The normalized spacial score (nSPS) is 11.4. The van der Waals surface area contributed by atoms with E-state index in [0.29, 0.717) is 0 Å². The van der Waals surface area contributed by atoms with Gasteiger partial charge in [0.15, 0.2) is 0 Å². The lowest BCUT2D eigenvalue weighted by molar-refractivity contribution is 0.590. The Bertz CT molecular complexity index is 567. The van der Waals surface area contributed by atoms with E-state index in [4.69, 9.17) is 0 Å². The summed E-state index contributed by atoms with van der Waals surface area (Å²) in [6.45, 7) is 7.69. The van der Waals surface area contributed by atoms with Crippen LogP contribution in [0.25, 0.3) is 0 Å². The lowest BCUT2D eigenvalue weighted by atomic mass is 9.87. The van der Waals surface area contributed by atoms with Gasteiger partial charge >= 0.3 is 0 Å². The molecule has 0 unspecified atom stereocenters. The smallest absolute Gasteiger partial charge is 0.0502 e. The van der Waals surface area contributed by atoms with E-state index < -0.39 is 0 Å². The minimum absolute atomic E-state index is 0.221. The molecule has 0 bridgehead atoms. The number of para-hydroxylation sites is 1. The van der Waals surface area contributed by atoms with Gasteiger partial charge < -0.3 is 4.90 Å². The van der Waals surface area contributed by atoms with Gasteiger partial charge in [-0.2, -0.15) is 0 Å². The van der Waals surface area contributed by atoms with Gasteiger partial charge in [0, 0.05) is 17.2 Å². The van der Waals surface area contributed by atoms with E-state index in [9.17, 15) is 0 Å². The van der Waals surface area contributed by atoms with Crippen LogP contribution >= 0.6 is 22.6 Å². The van der Waals surface area contributed by atoms with Crippen molar-refractivity contribution in [1.29, 1.82) is 0 Å². The molecule has 2 aromatic carbocycles. The first-order valence-electron chi connectivity index (χ1n) is 6.93. The van der Waals surface area contributed by atoms with E-state index in [0.717, 1.165) is 6.54 Å². The molecule has 0 N–H and O–H groups in total. The van der Waals surface area contributed by atoms with Crippen molar-refractivity contribution in [2.75, 3.05) is 11.9 Å². The molecule has 0 aliphatic carbocycles. The minimum atomic E-state index is 0.221. The van der Waals surface area contributed by atoms with E-state index in [1.807, 2.05) is 0 Å². The highest BCUT2D eigenvalue weighted by atomic mass is 127. The van der Waals surface area contributed by atoms with Gasteiger partial charge in [0.2, 0.25) is 0 Å². The Balaban J connectivity index is 2.13. The van der Waals surface area contributed by atoms with Crippen molar-refractivity contribution in [2.24, 2.45) is 0 Å². The SMILES string of the molecule is CN(Cc1ccc(C(C)(C)C)cc1)c1ccccc1I. The van der Waals surface area contributed by atoms with Gasteiger partial charge in [-0.15, -0.1) is 0 Å². The predicted molar refractivity (Wildman–Crippen MR) is 96.4 cm³/mol. The number of rotatable bonds is 3. The largest absolute Gasteiger partial charge is 0.369 e. The average Bonchev–Trinajstić information content (AvgIpc) is 2.38. The van der Waals surface area contributed by atoms with Gasteiger partial charge in [0.25, 0.3) is 0 Å². The Hall–Kier alpha value is -1.03. The van der Waals surface area contributed by atoms with Crippen LogP contribution < -0.4 is 4.90 Å². The van der Waals surface area contributed by atoms with Crippen molar-refractivity contribution < 1.29 is 0 Å². The number of hydrogen-bond donors (Lipinski definition) is 0. The molecule has 0 fully saturated rings. The average molecular weight is 379 g/mol. The molecule has 106 valence electrons. The van der Waals surface area contributed by atoms with Crippen molar-refractivity contribution in [3.05, 3.63) is 63.2 Å². The second-order valence-corrected chi connectivity index (χ2v) is 7.42. The van der Waals surface area contributed by atoms with Crippen LogP contribution in [0.3, 0.4) is 0 Å². The van der Waals surface area contributed by atoms with Crippen LogP contribution in [-0.4, -0.2) is 7.05 Å². The maximum absolute atomic E-state index is 2.39. The number of anilines is 1. The highest BCUT2D eigenvalue weighted by Crippen LogP contribution is 2.25. The predicted octanol–water partition coefficient (Wildman–Crippen LogP) is 5.23. The molecule has 2 aromatic rings. The van der Waals surface area contributed by atoms with Crippen molar-refractivity contribution in [1.82, 2.24) is 0 Å². The first kappa shape index (κ1) is 15.4. The van der Waals surface area contributed by atoms with E-state index >= 15 is 0 Å². The highest BCUT2D eigenvalue weighted by molar-refractivity contribution is 14.1. The molecule has 0 aromatic heterocycles. The van der Waals surface area contributed by atoms with Gasteiger partial charge in [-0.3, -0.25) is 0 Å². The molecule has 2 heteroatoms. The number of benzene rings is 2. The Morgan fingerprint density at radius 1 is 0.950 bits per heavy atom. The summed E-state index contributed by atoms with van der Waals surface area (Å²) in [5.74, 6) is 0. The Morgan fingerprint density at radius 3 is 2.10 bits per heavy atom. The van der Waals surface area contributed by atoms with Gasteiger partial charge in [0.1, 0.15) is 0 Å². The first-order valence-corrected chi connectivity index (χ1v) is 8.01. The van der Waals surface area contributed by atoms with Crippen LogP contribution in [0.1, 0.15) is 31.9 Å². The lowest BCUT2D eigenvalue weighted by Gasteiger charge is -2.22. The molecule has 2 rings (SSSR count). The molecular weight excluding hydrogens is 357 g/mol. The maximum Gasteiger partial charge on any atom is 0.0502 e. The lowest BCUT2D eigenvalue weighted by Crippen LogP contribution is -2.17. The summed E-state index contributed by atoms with van der Waals surface area (Å²) in [6.07, 6.45) is 0. The van der Waals surface area contributed by atoms with Gasteiger partial charge in [-0.25, -0.2) is 0 Å². The van der Waals surface area contributed by atoms with Crippen molar-refractivity contribution in [3.63, 3.8) is 0 Å². The summed E-state index contributed by atoms with van der Waals surface area (Å²) < 4.78 is 1.29. The fraction of sp³-hybridized carbons (Fsp3) is 0.333. The first-order chi connectivity index (χ1) is 9.38. The molecule has 0 amide bonds. The fourth-order valence-corrected chi connectivity index (χ4v) is 3.03. The van der Waals surface area contributed by atoms with Crippen molar-refractivity contribution in [2.45, 2.75) is 32.7 Å². The molecule has 0 aliphatic rings. The topological polar surface area (TPSA) is 3.24 Å². The molecule has 0 spiro atoms. The third kappa shape index (κ3) is 3.75. The third-order valence-corrected chi connectivity index (χ3v) is 4.42. The van der Waals surface area contributed by atoms with Gasteiger partial charge in [-0.1, -0.05) is 57.2 Å². The zero-order valence-electron chi connectivity index (χ0n) is 12.7. The molecule has 0 atom stereocenters. The highest BCUT2D eigenvalue weighted by Gasteiger charge is 2.13. The number of nitrogens with zero attached hydrogens (tertiary/aromatic N) is 1. The Morgan fingerprint density at radius 2 is 1.55 bits per heavy atom. The van der Waals surface area contributed by atoms with Crippen LogP contribution in [0.4, 0.5) is 5.69 Å². The Labute approximate surface area is 136 Å². The fourth-order valence-electron chi connectivity index (χ4n) is 2.23. The van der Waals surface area contributed by atoms with Crippen LogP contribution in [0.2, 0.25) is 0 Å². The summed E-state index contributed by atoms with van der Waals surface area (Å²) in [5, 5.41) is 0. The van der Waals surface area contributed by atoms with Crippen LogP contribution in [0.15, 0.2) is 48.5 Å². The van der Waals surface area contributed by atoms with Gasteiger partial charge in [-0.05, 0) is 51.3 Å². The zero-order valence-corrected chi connectivity index (χ0v) is 14.8. The quantitative estimate of drug-likeness (QED) is 0.661. The summed E-state index contributed by atoms with van der Waals surface area (Å²) in [5.41, 5.74) is 4.24. The molecule has 1 nitrogen and oxygen atoms in total. The van der Waals surface area contributed by atoms with Crippen molar-refractivity contribution in [3.8, 4) is 0 Å². The molecule has 0 heterocycles. The standard InChI is InChI=1S/C18H22IN/c1-18(2,3)15-11-9-14(10-12-15)13-20(4)17-8-6-5-7-16(17)19/h5-12H,13H2,1-4H3. The molecule has 0 saturated carbocycles. The Kier molecular flexibility index (Phi) is 4.74. The monoisotopic (exact) mass is 379 g/mol. The second-order valence-electron chi connectivity index (χ2n) is 6.25. The van der Waals surface area contributed by atoms with Crippen LogP contribution in [0.5, 0.6) is 0 Å². The summed E-state index contributed by atoms with van der Waals surface area (Å²) in [4.78, 5) is 2.30.